The van der Waals surface area contributed by atoms with Crippen molar-refractivity contribution in [2.45, 2.75) is 25.8 Å². The second-order valence-corrected chi connectivity index (χ2v) is 4.38. The van der Waals surface area contributed by atoms with Gasteiger partial charge in [0.2, 0.25) is 5.88 Å². The van der Waals surface area contributed by atoms with Crippen molar-refractivity contribution < 1.29 is 19.4 Å². The Kier molecular flexibility index (Phi) is 3.94. The lowest BCUT2D eigenvalue weighted by Crippen LogP contribution is -2.42. The highest BCUT2D eigenvalue weighted by molar-refractivity contribution is 5.85. The minimum atomic E-state index is -0.968. The van der Waals surface area contributed by atoms with Gasteiger partial charge in [-0.15, -0.1) is 0 Å². The summed E-state index contributed by atoms with van der Waals surface area (Å²) in [5, 5.41) is 9.01. The topological polar surface area (TPSA) is 92.6 Å². The summed E-state index contributed by atoms with van der Waals surface area (Å²) >= 11 is 0. The fourth-order valence-corrected chi connectivity index (χ4v) is 2.07. The number of carboxylic acid groups (broad SMARTS) is 1. The first-order chi connectivity index (χ1) is 9.09. The molecule has 1 fully saturated rings. The van der Waals surface area contributed by atoms with Crippen LogP contribution in [0.15, 0.2) is 12.5 Å². The lowest BCUT2D eigenvalue weighted by Gasteiger charge is -2.21. The zero-order valence-corrected chi connectivity index (χ0v) is 10.6. The highest BCUT2D eigenvalue weighted by Gasteiger charge is 2.33. The first-order valence-electron chi connectivity index (χ1n) is 6.01. The van der Waals surface area contributed by atoms with Crippen molar-refractivity contribution in [1.82, 2.24) is 14.9 Å². The van der Waals surface area contributed by atoms with Crippen LogP contribution in [0.25, 0.3) is 0 Å². The number of hydrogen-bond acceptors (Lipinski definition) is 5. The largest absolute Gasteiger partial charge is 0.480 e. The molecule has 0 aliphatic carbocycles. The fourth-order valence-electron chi connectivity index (χ4n) is 2.07. The van der Waals surface area contributed by atoms with Crippen LogP contribution >= 0.6 is 0 Å². The number of carbonyl (C=O) groups is 2. The number of likely N-dealkylation sites (tertiary alicyclic amines) is 1. The fraction of sp³-hybridized carbons (Fsp3) is 0.500. The first kappa shape index (κ1) is 13.3. The molecule has 1 aliphatic heterocycles. The smallest absolute Gasteiger partial charge is 0.326 e. The third-order valence-corrected chi connectivity index (χ3v) is 3.04. The second-order valence-electron chi connectivity index (χ2n) is 4.38. The molecular weight excluding hydrogens is 250 g/mol. The highest BCUT2D eigenvalue weighted by Crippen LogP contribution is 2.18. The van der Waals surface area contributed by atoms with E-state index in [1.807, 2.05) is 0 Å². The molecule has 102 valence electrons. The second kappa shape index (κ2) is 5.64. The molecular formula is C12H15N3O4. The molecule has 0 unspecified atom stereocenters. The van der Waals surface area contributed by atoms with Crippen molar-refractivity contribution in [2.24, 2.45) is 0 Å². The van der Waals surface area contributed by atoms with Gasteiger partial charge in [0.25, 0.3) is 5.91 Å². The van der Waals surface area contributed by atoms with Gasteiger partial charge in [-0.05, 0) is 19.8 Å². The zero-order chi connectivity index (χ0) is 13.8. The molecule has 1 atom stereocenters. The van der Waals surface area contributed by atoms with E-state index in [0.717, 1.165) is 5.56 Å². The number of nitrogens with zero attached hydrogens (tertiary/aromatic N) is 3. The number of aliphatic carboxylic acids is 1. The highest BCUT2D eigenvalue weighted by atomic mass is 16.5. The van der Waals surface area contributed by atoms with Gasteiger partial charge in [-0.3, -0.25) is 4.79 Å². The van der Waals surface area contributed by atoms with Crippen molar-refractivity contribution in [3.05, 3.63) is 18.1 Å². The van der Waals surface area contributed by atoms with Gasteiger partial charge in [-0.1, -0.05) is 0 Å². The molecule has 0 aromatic carbocycles. The zero-order valence-electron chi connectivity index (χ0n) is 10.6. The standard InChI is InChI=1S/C12H15N3O4/c1-8-5-13-7-14-11(8)19-6-10(16)15-4-2-3-9(15)12(17)18/h5,7,9H,2-4,6H2,1H3,(H,17,18)/t9-/m0/s1. The van der Waals surface area contributed by atoms with Gasteiger partial charge in [0.1, 0.15) is 12.4 Å². The molecule has 7 heteroatoms. The SMILES string of the molecule is Cc1cncnc1OCC(=O)N1CCC[C@H]1C(=O)O. The van der Waals surface area contributed by atoms with Gasteiger partial charge in [-0.2, -0.15) is 0 Å². The Bertz CT molecular complexity index is 492. The van der Waals surface area contributed by atoms with Crippen LogP contribution in [0.2, 0.25) is 0 Å². The monoisotopic (exact) mass is 265 g/mol. The van der Waals surface area contributed by atoms with Crippen molar-refractivity contribution in [2.75, 3.05) is 13.2 Å². The molecule has 1 saturated heterocycles. The number of carboxylic acids is 1. The third kappa shape index (κ3) is 2.98. The Morgan fingerprint density at radius 3 is 3.05 bits per heavy atom. The number of ether oxygens (including phenoxy) is 1. The van der Waals surface area contributed by atoms with E-state index in [2.05, 4.69) is 9.97 Å². The maximum Gasteiger partial charge on any atom is 0.326 e. The van der Waals surface area contributed by atoms with Gasteiger partial charge in [0, 0.05) is 18.3 Å². The summed E-state index contributed by atoms with van der Waals surface area (Å²) in [6.07, 6.45) is 4.12. The molecule has 0 radical (unpaired) electrons. The average molecular weight is 265 g/mol. The van der Waals surface area contributed by atoms with Crippen LogP contribution in [0, 0.1) is 6.92 Å². The third-order valence-electron chi connectivity index (χ3n) is 3.04. The molecule has 2 heterocycles. The summed E-state index contributed by atoms with van der Waals surface area (Å²) in [6, 6.07) is -0.734. The summed E-state index contributed by atoms with van der Waals surface area (Å²) in [4.78, 5) is 32.0. The Hall–Kier alpha value is -2.18. The molecule has 0 spiro atoms. The number of aryl methyl sites for hydroxylation is 1. The molecule has 1 aliphatic rings. The van der Waals surface area contributed by atoms with Crippen molar-refractivity contribution >= 4 is 11.9 Å². The average Bonchev–Trinajstić information content (AvgIpc) is 2.87. The van der Waals surface area contributed by atoms with E-state index >= 15 is 0 Å². The number of rotatable bonds is 4. The Labute approximate surface area is 110 Å². The van der Waals surface area contributed by atoms with Crippen LogP contribution in [0.5, 0.6) is 5.88 Å². The van der Waals surface area contributed by atoms with E-state index in [1.165, 1.54) is 11.2 Å². The van der Waals surface area contributed by atoms with Crippen LogP contribution in [-0.2, 0) is 9.59 Å². The van der Waals surface area contributed by atoms with Gasteiger partial charge < -0.3 is 14.7 Å². The molecule has 1 N–H and O–H groups in total. The van der Waals surface area contributed by atoms with Crippen LogP contribution in [-0.4, -0.2) is 51.0 Å². The normalized spacial score (nSPS) is 18.4. The van der Waals surface area contributed by atoms with Crippen LogP contribution in [0.3, 0.4) is 0 Å². The molecule has 0 bridgehead atoms. The maximum atomic E-state index is 11.9. The quantitative estimate of drug-likeness (QED) is 0.838. The minimum Gasteiger partial charge on any atom is -0.480 e. The van der Waals surface area contributed by atoms with E-state index in [1.54, 1.807) is 13.1 Å². The molecule has 2 rings (SSSR count). The summed E-state index contributed by atoms with van der Waals surface area (Å²) in [6.45, 7) is 2.03. The van der Waals surface area contributed by atoms with E-state index in [9.17, 15) is 9.59 Å². The lowest BCUT2D eigenvalue weighted by molar-refractivity contribution is -0.149. The van der Waals surface area contributed by atoms with Gasteiger partial charge in [0.05, 0.1) is 0 Å². The predicted molar refractivity (Wildman–Crippen MR) is 64.6 cm³/mol. The maximum absolute atomic E-state index is 11.9. The van der Waals surface area contributed by atoms with Gasteiger partial charge in [-0.25, -0.2) is 14.8 Å². The molecule has 1 aromatic heterocycles. The summed E-state index contributed by atoms with van der Waals surface area (Å²) in [5.41, 5.74) is 0.728. The Morgan fingerprint density at radius 2 is 2.37 bits per heavy atom. The van der Waals surface area contributed by atoms with Gasteiger partial charge >= 0.3 is 5.97 Å². The molecule has 19 heavy (non-hydrogen) atoms. The molecule has 1 amide bonds. The van der Waals surface area contributed by atoms with E-state index in [-0.39, 0.29) is 12.5 Å². The van der Waals surface area contributed by atoms with Gasteiger partial charge in [0.15, 0.2) is 6.61 Å². The van der Waals surface area contributed by atoms with Crippen molar-refractivity contribution in [3.8, 4) is 5.88 Å². The lowest BCUT2D eigenvalue weighted by atomic mass is 10.2. The Morgan fingerprint density at radius 1 is 1.58 bits per heavy atom. The van der Waals surface area contributed by atoms with Crippen molar-refractivity contribution in [1.29, 1.82) is 0 Å². The van der Waals surface area contributed by atoms with Crippen molar-refractivity contribution in [3.63, 3.8) is 0 Å². The summed E-state index contributed by atoms with van der Waals surface area (Å²) in [5.74, 6) is -0.957. The summed E-state index contributed by atoms with van der Waals surface area (Å²) < 4.78 is 5.30. The number of aromatic nitrogens is 2. The molecule has 1 aromatic rings. The molecule has 7 nitrogen and oxygen atoms in total. The predicted octanol–water partition coefficient (Wildman–Crippen LogP) is 0.239. The van der Waals surface area contributed by atoms with E-state index in [4.69, 9.17) is 9.84 Å². The van der Waals surface area contributed by atoms with Crippen LogP contribution < -0.4 is 4.74 Å². The number of amides is 1. The number of carbonyl (C=O) groups excluding carboxylic acids is 1. The Balaban J connectivity index is 1.95. The van der Waals surface area contributed by atoms with E-state index in [0.29, 0.717) is 25.3 Å². The van der Waals surface area contributed by atoms with Crippen LogP contribution in [0.1, 0.15) is 18.4 Å². The minimum absolute atomic E-state index is 0.207. The van der Waals surface area contributed by atoms with Crippen LogP contribution in [0.4, 0.5) is 0 Å². The van der Waals surface area contributed by atoms with E-state index < -0.39 is 12.0 Å². The molecule has 0 saturated carbocycles. The first-order valence-corrected chi connectivity index (χ1v) is 6.01. The summed E-state index contributed by atoms with van der Waals surface area (Å²) in [7, 11) is 0. The number of hydrogen-bond donors (Lipinski definition) is 1.